The Morgan fingerprint density at radius 1 is 1.06 bits per heavy atom. The van der Waals surface area contributed by atoms with E-state index in [1.807, 2.05) is 39.0 Å². The second kappa shape index (κ2) is 9.52. The molecule has 6 heteroatoms. The average Bonchev–Trinajstić information content (AvgIpc) is 3.15. The van der Waals surface area contributed by atoms with Crippen LogP contribution in [0.3, 0.4) is 0 Å². The zero-order valence-corrected chi connectivity index (χ0v) is 19.0. The van der Waals surface area contributed by atoms with Gasteiger partial charge in [-0.15, -0.1) is 0 Å². The predicted molar refractivity (Wildman–Crippen MR) is 119 cm³/mol. The van der Waals surface area contributed by atoms with E-state index in [2.05, 4.69) is 12.1 Å². The Labute approximate surface area is 184 Å². The predicted octanol–water partition coefficient (Wildman–Crippen LogP) is 4.97. The molecule has 2 aromatic rings. The molecule has 166 valence electrons. The van der Waals surface area contributed by atoms with Crippen molar-refractivity contribution in [1.82, 2.24) is 4.90 Å². The molecule has 31 heavy (non-hydrogen) atoms. The van der Waals surface area contributed by atoms with E-state index in [-0.39, 0.29) is 12.1 Å². The lowest BCUT2D eigenvalue weighted by molar-refractivity contribution is 0.0241. The summed E-state index contributed by atoms with van der Waals surface area (Å²) >= 11 is 0. The summed E-state index contributed by atoms with van der Waals surface area (Å²) in [5.74, 6) is -0.351. The van der Waals surface area contributed by atoms with Crippen molar-refractivity contribution in [2.75, 3.05) is 20.3 Å². The lowest BCUT2D eigenvalue weighted by Crippen LogP contribution is -2.33. The fraction of sp³-hybridized carbons (Fsp3) is 0.440. The number of hydrogen-bond acceptors (Lipinski definition) is 5. The molecule has 2 aromatic carbocycles. The molecule has 0 bridgehead atoms. The maximum absolute atomic E-state index is 12.7. The molecule has 0 saturated heterocycles. The molecule has 0 aliphatic carbocycles. The number of esters is 1. The highest BCUT2D eigenvalue weighted by Gasteiger charge is 2.30. The first-order valence-electron chi connectivity index (χ1n) is 10.6. The van der Waals surface area contributed by atoms with Crippen LogP contribution in [0.2, 0.25) is 0 Å². The zero-order chi connectivity index (χ0) is 22.6. The summed E-state index contributed by atoms with van der Waals surface area (Å²) < 4.78 is 16.1. The molecule has 1 amide bonds. The Balaban J connectivity index is 2.04. The molecule has 1 heterocycles. The summed E-state index contributed by atoms with van der Waals surface area (Å²) in [4.78, 5) is 27.0. The van der Waals surface area contributed by atoms with E-state index in [0.29, 0.717) is 31.9 Å². The van der Waals surface area contributed by atoms with Gasteiger partial charge in [-0.05, 0) is 68.0 Å². The summed E-state index contributed by atoms with van der Waals surface area (Å²) in [5, 5.41) is 0. The van der Waals surface area contributed by atoms with Crippen molar-refractivity contribution in [2.45, 2.75) is 52.8 Å². The van der Waals surface area contributed by atoms with Crippen LogP contribution in [0, 0.1) is 0 Å². The van der Waals surface area contributed by atoms with Gasteiger partial charge in [-0.25, -0.2) is 9.59 Å². The van der Waals surface area contributed by atoms with E-state index >= 15 is 0 Å². The average molecular weight is 426 g/mol. The minimum absolute atomic E-state index is 0.311. The van der Waals surface area contributed by atoms with Crippen molar-refractivity contribution in [3.63, 3.8) is 0 Å². The van der Waals surface area contributed by atoms with Gasteiger partial charge in [0.2, 0.25) is 0 Å². The molecule has 1 aliphatic heterocycles. The largest absolute Gasteiger partial charge is 0.462 e. The first-order valence-corrected chi connectivity index (χ1v) is 10.6. The highest BCUT2D eigenvalue weighted by atomic mass is 16.6. The highest BCUT2D eigenvalue weighted by molar-refractivity contribution is 5.98. The first kappa shape index (κ1) is 22.8. The Morgan fingerprint density at radius 2 is 1.81 bits per heavy atom. The molecular weight excluding hydrogens is 394 g/mol. The van der Waals surface area contributed by atoms with Crippen LogP contribution in [0.1, 0.15) is 54.7 Å². The monoisotopic (exact) mass is 425 g/mol. The van der Waals surface area contributed by atoms with E-state index < -0.39 is 5.60 Å². The molecule has 0 atom stereocenters. The van der Waals surface area contributed by atoms with Crippen LogP contribution in [0.4, 0.5) is 4.79 Å². The molecule has 0 saturated carbocycles. The summed E-state index contributed by atoms with van der Waals surface area (Å²) in [6.07, 6.45) is 0.400. The van der Waals surface area contributed by atoms with E-state index in [0.717, 1.165) is 34.2 Å². The van der Waals surface area contributed by atoms with Crippen molar-refractivity contribution >= 4 is 12.1 Å². The molecule has 0 radical (unpaired) electrons. The molecule has 0 unspecified atom stereocenters. The van der Waals surface area contributed by atoms with Gasteiger partial charge >= 0.3 is 12.1 Å². The van der Waals surface area contributed by atoms with Crippen molar-refractivity contribution in [1.29, 1.82) is 0 Å². The minimum Gasteiger partial charge on any atom is -0.462 e. The van der Waals surface area contributed by atoms with Gasteiger partial charge in [0, 0.05) is 13.7 Å². The summed E-state index contributed by atoms with van der Waals surface area (Å²) in [6.45, 7) is 9.18. The van der Waals surface area contributed by atoms with Crippen LogP contribution in [0.5, 0.6) is 0 Å². The maximum Gasteiger partial charge on any atom is 0.410 e. The number of benzene rings is 2. The van der Waals surface area contributed by atoms with E-state index in [9.17, 15) is 9.59 Å². The van der Waals surface area contributed by atoms with Gasteiger partial charge in [0.05, 0.1) is 25.3 Å². The number of rotatable bonds is 6. The highest BCUT2D eigenvalue weighted by Crippen LogP contribution is 2.36. The van der Waals surface area contributed by atoms with E-state index in [4.69, 9.17) is 14.2 Å². The normalized spacial score (nSPS) is 13.1. The molecule has 3 rings (SSSR count). The summed E-state index contributed by atoms with van der Waals surface area (Å²) in [5.41, 5.74) is 4.90. The molecule has 6 nitrogen and oxygen atoms in total. The summed E-state index contributed by atoms with van der Waals surface area (Å²) in [6, 6.07) is 11.7. The van der Waals surface area contributed by atoms with E-state index in [1.54, 1.807) is 25.0 Å². The van der Waals surface area contributed by atoms with Crippen LogP contribution < -0.4 is 0 Å². The SMILES string of the molecule is CCOC(=O)c1ccccc1-c1cc(CCOC)cc2c1CN(C(=O)OC(C)(C)C)C2. The topological polar surface area (TPSA) is 65.1 Å². The first-order chi connectivity index (χ1) is 14.7. The van der Waals surface area contributed by atoms with Gasteiger partial charge in [0.15, 0.2) is 0 Å². The molecule has 1 aliphatic rings. The van der Waals surface area contributed by atoms with Crippen molar-refractivity contribution in [3.05, 3.63) is 58.7 Å². The van der Waals surface area contributed by atoms with Crippen LogP contribution in [-0.4, -0.2) is 42.9 Å². The summed E-state index contributed by atoms with van der Waals surface area (Å²) in [7, 11) is 1.68. The molecule has 0 N–H and O–H groups in total. The number of amides is 1. The van der Waals surface area contributed by atoms with Gasteiger partial charge in [0.25, 0.3) is 0 Å². The van der Waals surface area contributed by atoms with Crippen molar-refractivity contribution < 1.29 is 23.8 Å². The number of nitrogens with zero attached hydrogens (tertiary/aromatic N) is 1. The fourth-order valence-electron chi connectivity index (χ4n) is 3.74. The smallest absolute Gasteiger partial charge is 0.410 e. The number of carbonyl (C=O) groups excluding carboxylic acids is 2. The molecule has 0 spiro atoms. The second-order valence-corrected chi connectivity index (χ2v) is 8.63. The van der Waals surface area contributed by atoms with Crippen molar-refractivity contribution in [2.24, 2.45) is 0 Å². The van der Waals surface area contributed by atoms with Crippen LogP contribution in [-0.2, 0) is 33.7 Å². The third kappa shape index (κ3) is 5.44. The van der Waals surface area contributed by atoms with Crippen LogP contribution >= 0.6 is 0 Å². The standard InChI is InChI=1S/C25H31NO5/c1-6-30-23(27)20-10-8-7-9-19(20)21-14-17(11-12-29-5)13-18-15-26(16-22(18)21)24(28)31-25(2,3)4/h7-10,13-14H,6,11-12,15-16H2,1-5H3. The van der Waals surface area contributed by atoms with Crippen LogP contribution in [0.25, 0.3) is 11.1 Å². The Kier molecular flexibility index (Phi) is 7.01. The molecular formula is C25H31NO5. The van der Waals surface area contributed by atoms with Gasteiger partial charge in [-0.1, -0.05) is 30.3 Å². The number of ether oxygens (including phenoxy) is 3. The third-order valence-corrected chi connectivity index (χ3v) is 5.07. The zero-order valence-electron chi connectivity index (χ0n) is 19.0. The minimum atomic E-state index is -0.561. The van der Waals surface area contributed by atoms with Crippen LogP contribution in [0.15, 0.2) is 36.4 Å². The number of fused-ring (bicyclic) bond motifs is 1. The Morgan fingerprint density at radius 3 is 2.48 bits per heavy atom. The van der Waals surface area contributed by atoms with Gasteiger partial charge in [0.1, 0.15) is 5.60 Å². The molecule has 0 fully saturated rings. The lowest BCUT2D eigenvalue weighted by Gasteiger charge is -2.24. The van der Waals surface area contributed by atoms with Crippen molar-refractivity contribution in [3.8, 4) is 11.1 Å². The van der Waals surface area contributed by atoms with Gasteiger partial charge in [-0.2, -0.15) is 0 Å². The second-order valence-electron chi connectivity index (χ2n) is 8.63. The molecule has 0 aromatic heterocycles. The van der Waals surface area contributed by atoms with E-state index in [1.165, 1.54) is 0 Å². The number of methoxy groups -OCH3 is 1. The number of hydrogen-bond donors (Lipinski definition) is 0. The Hall–Kier alpha value is -2.86. The quantitative estimate of drug-likeness (QED) is 0.612. The Bertz CT molecular complexity index is 961. The van der Waals surface area contributed by atoms with Gasteiger partial charge in [-0.3, -0.25) is 4.90 Å². The third-order valence-electron chi connectivity index (χ3n) is 5.07. The number of carbonyl (C=O) groups is 2. The van der Waals surface area contributed by atoms with Gasteiger partial charge < -0.3 is 14.2 Å². The lowest BCUT2D eigenvalue weighted by atomic mass is 9.91. The fourth-order valence-corrected chi connectivity index (χ4v) is 3.74. The maximum atomic E-state index is 12.7.